The van der Waals surface area contributed by atoms with Crippen molar-refractivity contribution in [3.05, 3.63) is 36.2 Å². The molecule has 1 heterocycles. The highest BCUT2D eigenvalue weighted by Gasteiger charge is 2.19. The molecule has 6 nitrogen and oxygen atoms in total. The number of hydrogen-bond acceptors (Lipinski definition) is 4. The average Bonchev–Trinajstić information content (AvgIpc) is 2.46. The lowest BCUT2D eigenvalue weighted by atomic mass is 10.2. The predicted molar refractivity (Wildman–Crippen MR) is 73.4 cm³/mol. The summed E-state index contributed by atoms with van der Waals surface area (Å²) in [6.07, 6.45) is 6.49. The Balaban J connectivity index is 2.22. The van der Waals surface area contributed by atoms with Crippen LogP contribution in [-0.2, 0) is 4.79 Å². The van der Waals surface area contributed by atoms with Crippen LogP contribution in [0.1, 0.15) is 16.9 Å². The summed E-state index contributed by atoms with van der Waals surface area (Å²) in [5, 5.41) is 2.44. The summed E-state index contributed by atoms with van der Waals surface area (Å²) < 4.78 is 0. The fourth-order valence-electron chi connectivity index (χ4n) is 1.64. The maximum absolute atomic E-state index is 12.0. The van der Waals surface area contributed by atoms with E-state index in [4.69, 9.17) is 12.2 Å². The van der Waals surface area contributed by atoms with Gasteiger partial charge in [-0.2, -0.15) is 0 Å². The van der Waals surface area contributed by atoms with E-state index in [1.807, 2.05) is 6.07 Å². The van der Waals surface area contributed by atoms with Gasteiger partial charge in [0.2, 0.25) is 5.91 Å². The van der Waals surface area contributed by atoms with Crippen LogP contribution in [0.15, 0.2) is 30.5 Å². The average molecular weight is 268 g/mol. The number of benzene rings is 1. The number of nitrogens with two attached hydrogens (primary N) is 1. The molecular weight excluding hydrogens is 256 g/mol. The van der Waals surface area contributed by atoms with E-state index in [2.05, 4.69) is 21.2 Å². The lowest BCUT2D eigenvalue weighted by Gasteiger charge is -2.12. The summed E-state index contributed by atoms with van der Waals surface area (Å²) in [4.78, 5) is 31.4. The molecule has 6 heteroatoms. The molecule has 0 saturated heterocycles. The minimum absolute atomic E-state index is 0.0298. The fourth-order valence-corrected chi connectivity index (χ4v) is 1.64. The van der Waals surface area contributed by atoms with Gasteiger partial charge in [0, 0.05) is 6.42 Å². The summed E-state index contributed by atoms with van der Waals surface area (Å²) in [7, 11) is 0. The molecule has 100 valence electrons. The first-order chi connectivity index (χ1) is 9.61. The Labute approximate surface area is 115 Å². The van der Waals surface area contributed by atoms with Gasteiger partial charge in [-0.1, -0.05) is 12.1 Å². The van der Waals surface area contributed by atoms with Crippen molar-refractivity contribution in [3.8, 4) is 12.3 Å². The second kappa shape index (κ2) is 5.80. The molecular formula is C14H12N4O2. The van der Waals surface area contributed by atoms with Gasteiger partial charge in [0.15, 0.2) is 0 Å². The minimum Gasteiger partial charge on any atom is -0.368 e. The summed E-state index contributed by atoms with van der Waals surface area (Å²) in [6, 6.07) is 6.23. The summed E-state index contributed by atoms with van der Waals surface area (Å²) in [5.74, 6) is 1.05. The topological polar surface area (TPSA) is 98.0 Å². The van der Waals surface area contributed by atoms with E-state index in [0.29, 0.717) is 11.0 Å². The van der Waals surface area contributed by atoms with Crippen molar-refractivity contribution < 1.29 is 9.59 Å². The molecule has 1 aromatic carbocycles. The molecule has 3 N–H and O–H groups in total. The number of aromatic nitrogens is 2. The fraction of sp³-hybridized carbons (Fsp3) is 0.143. The highest BCUT2D eigenvalue weighted by atomic mass is 16.2. The number of nitrogens with one attached hydrogen (secondary N) is 1. The van der Waals surface area contributed by atoms with E-state index >= 15 is 0 Å². The van der Waals surface area contributed by atoms with Gasteiger partial charge < -0.3 is 11.1 Å². The molecule has 0 aliphatic rings. The van der Waals surface area contributed by atoms with Crippen molar-refractivity contribution in [2.24, 2.45) is 5.73 Å². The number of amides is 2. The molecule has 2 rings (SSSR count). The van der Waals surface area contributed by atoms with Gasteiger partial charge in [-0.25, -0.2) is 4.98 Å². The molecule has 0 spiro atoms. The van der Waals surface area contributed by atoms with Crippen LogP contribution in [0.4, 0.5) is 0 Å². The Hall–Kier alpha value is -2.94. The third-order valence-corrected chi connectivity index (χ3v) is 2.65. The number of rotatable bonds is 4. The normalized spacial score (nSPS) is 11.6. The van der Waals surface area contributed by atoms with Gasteiger partial charge in [-0.05, 0) is 12.1 Å². The largest absolute Gasteiger partial charge is 0.368 e. The molecule has 0 unspecified atom stereocenters. The van der Waals surface area contributed by atoms with Gasteiger partial charge >= 0.3 is 0 Å². The van der Waals surface area contributed by atoms with Gasteiger partial charge in [0.25, 0.3) is 5.91 Å². The van der Waals surface area contributed by atoms with Crippen LogP contribution in [0, 0.1) is 12.3 Å². The van der Waals surface area contributed by atoms with Crippen LogP contribution in [0.5, 0.6) is 0 Å². The second-order valence-corrected chi connectivity index (χ2v) is 4.08. The second-order valence-electron chi connectivity index (χ2n) is 4.08. The van der Waals surface area contributed by atoms with E-state index in [9.17, 15) is 9.59 Å². The zero-order chi connectivity index (χ0) is 14.5. The molecule has 2 amide bonds. The molecule has 0 radical (unpaired) electrons. The minimum atomic E-state index is -0.916. The van der Waals surface area contributed by atoms with Crippen molar-refractivity contribution in [1.82, 2.24) is 15.3 Å². The number of carbonyl (C=O) groups excluding carboxylic acids is 2. The molecule has 0 aliphatic carbocycles. The van der Waals surface area contributed by atoms with Gasteiger partial charge in [0.05, 0.1) is 17.2 Å². The van der Waals surface area contributed by atoms with Gasteiger partial charge in [-0.3, -0.25) is 14.6 Å². The first kappa shape index (κ1) is 13.5. The van der Waals surface area contributed by atoms with Crippen molar-refractivity contribution in [1.29, 1.82) is 0 Å². The highest BCUT2D eigenvalue weighted by molar-refractivity contribution is 5.96. The summed E-state index contributed by atoms with van der Waals surface area (Å²) in [6.45, 7) is 0. The first-order valence-electron chi connectivity index (χ1n) is 5.87. The number of hydrogen-bond donors (Lipinski definition) is 2. The lowest BCUT2D eigenvalue weighted by Crippen LogP contribution is -2.44. The molecule has 0 bridgehead atoms. The molecule has 2 aromatic rings. The van der Waals surface area contributed by atoms with Crippen molar-refractivity contribution in [2.75, 3.05) is 0 Å². The number of para-hydroxylation sites is 2. The van der Waals surface area contributed by atoms with Crippen LogP contribution in [0.3, 0.4) is 0 Å². The van der Waals surface area contributed by atoms with Gasteiger partial charge in [-0.15, -0.1) is 12.3 Å². The molecule has 1 atom stereocenters. The van der Waals surface area contributed by atoms with Crippen molar-refractivity contribution in [3.63, 3.8) is 0 Å². The Bertz CT molecular complexity index is 706. The third-order valence-electron chi connectivity index (χ3n) is 2.65. The maximum atomic E-state index is 12.0. The van der Waals surface area contributed by atoms with Crippen LogP contribution in [-0.4, -0.2) is 27.8 Å². The number of primary amides is 1. The smallest absolute Gasteiger partial charge is 0.272 e. The molecule has 0 fully saturated rings. The Morgan fingerprint density at radius 3 is 2.70 bits per heavy atom. The Morgan fingerprint density at radius 1 is 1.35 bits per heavy atom. The molecule has 20 heavy (non-hydrogen) atoms. The quantitative estimate of drug-likeness (QED) is 0.776. The molecule has 1 aromatic heterocycles. The van der Waals surface area contributed by atoms with E-state index in [1.165, 1.54) is 6.20 Å². The maximum Gasteiger partial charge on any atom is 0.272 e. The number of carbonyl (C=O) groups is 2. The monoisotopic (exact) mass is 268 g/mol. The van der Waals surface area contributed by atoms with E-state index in [-0.39, 0.29) is 12.1 Å². The number of nitrogens with zero attached hydrogens (tertiary/aromatic N) is 2. The molecule has 0 aliphatic heterocycles. The van der Waals surface area contributed by atoms with E-state index in [1.54, 1.807) is 18.2 Å². The SMILES string of the molecule is C#CC[C@@H](NC(=O)c1cnc2ccccc2n1)C(N)=O. The number of fused-ring (bicyclic) bond motifs is 1. The zero-order valence-electron chi connectivity index (χ0n) is 10.5. The number of terminal acetylenes is 1. The van der Waals surface area contributed by atoms with Crippen LogP contribution < -0.4 is 11.1 Å². The predicted octanol–water partition coefficient (Wildman–Crippen LogP) is 0.237. The lowest BCUT2D eigenvalue weighted by molar-refractivity contribution is -0.119. The van der Waals surface area contributed by atoms with Gasteiger partial charge in [0.1, 0.15) is 11.7 Å². The van der Waals surface area contributed by atoms with Crippen LogP contribution in [0.25, 0.3) is 11.0 Å². The van der Waals surface area contributed by atoms with Crippen molar-refractivity contribution in [2.45, 2.75) is 12.5 Å². The standard InChI is InChI=1S/C14H12N4O2/c1-2-5-11(13(15)19)18-14(20)12-8-16-9-6-3-4-7-10(9)17-12/h1,3-4,6-8,11H,5H2,(H2,15,19)(H,18,20)/t11-/m1/s1. The Morgan fingerprint density at radius 2 is 2.05 bits per heavy atom. The van der Waals surface area contributed by atoms with Crippen molar-refractivity contribution >= 4 is 22.8 Å². The first-order valence-corrected chi connectivity index (χ1v) is 5.87. The van der Waals surface area contributed by atoms with Crippen LogP contribution >= 0.6 is 0 Å². The molecule has 0 saturated carbocycles. The third kappa shape index (κ3) is 2.90. The Kier molecular flexibility index (Phi) is 3.91. The summed E-state index contributed by atoms with van der Waals surface area (Å²) in [5.41, 5.74) is 6.53. The highest BCUT2D eigenvalue weighted by Crippen LogP contribution is 2.08. The summed E-state index contributed by atoms with van der Waals surface area (Å²) >= 11 is 0. The van der Waals surface area contributed by atoms with E-state index in [0.717, 1.165) is 0 Å². The zero-order valence-corrected chi connectivity index (χ0v) is 10.5. The van der Waals surface area contributed by atoms with E-state index < -0.39 is 17.9 Å². The van der Waals surface area contributed by atoms with Crippen LogP contribution in [0.2, 0.25) is 0 Å².